The van der Waals surface area contributed by atoms with Crippen molar-refractivity contribution >= 4 is 16.8 Å². The molecule has 2 aliphatic rings. The Bertz CT molecular complexity index is 1270. The minimum Gasteiger partial charge on any atom is -0.336 e. The molecule has 1 aromatic heterocycles. The lowest BCUT2D eigenvalue weighted by Crippen LogP contribution is -2.52. The fraction of sp³-hybridized carbons (Fsp3) is 0.444. The van der Waals surface area contributed by atoms with Gasteiger partial charge in [-0.25, -0.2) is 4.79 Å². The first-order valence-electron chi connectivity index (χ1n) is 12.4. The van der Waals surface area contributed by atoms with Crippen molar-refractivity contribution in [2.75, 3.05) is 26.2 Å². The van der Waals surface area contributed by atoms with Crippen molar-refractivity contribution in [1.82, 2.24) is 19.4 Å². The van der Waals surface area contributed by atoms with Gasteiger partial charge in [0.05, 0.1) is 10.9 Å². The summed E-state index contributed by atoms with van der Waals surface area (Å²) in [6, 6.07) is 15.5. The molecular weight excluding hydrogens is 428 g/mol. The maximum Gasteiger partial charge on any atom is 0.328 e. The molecule has 0 spiro atoms. The summed E-state index contributed by atoms with van der Waals surface area (Å²) in [7, 11) is 0. The third kappa shape index (κ3) is 4.71. The molecule has 2 aromatic carbocycles. The number of rotatable bonds is 5. The van der Waals surface area contributed by atoms with Crippen LogP contribution in [0.1, 0.15) is 48.0 Å². The van der Waals surface area contributed by atoms with Crippen LogP contribution in [0.25, 0.3) is 10.9 Å². The highest BCUT2D eigenvalue weighted by Crippen LogP contribution is 2.24. The van der Waals surface area contributed by atoms with Crippen molar-refractivity contribution in [3.05, 3.63) is 80.5 Å². The van der Waals surface area contributed by atoms with Crippen LogP contribution < -0.4 is 11.2 Å². The van der Waals surface area contributed by atoms with Gasteiger partial charge in [-0.15, -0.1) is 0 Å². The summed E-state index contributed by atoms with van der Waals surface area (Å²) in [6.45, 7) is 3.55. The fourth-order valence-corrected chi connectivity index (χ4v) is 5.40. The summed E-state index contributed by atoms with van der Waals surface area (Å²) in [5, 5.41) is 0.423. The van der Waals surface area contributed by atoms with Crippen LogP contribution in [0, 0.1) is 0 Å². The van der Waals surface area contributed by atoms with E-state index < -0.39 is 5.69 Å². The number of fused-ring (bicyclic) bond motifs is 1. The zero-order valence-corrected chi connectivity index (χ0v) is 19.5. The summed E-state index contributed by atoms with van der Waals surface area (Å²) in [5.74, 6) is -0.0423. The number of carbonyl (C=O) groups excluding carboxylic acids is 1. The van der Waals surface area contributed by atoms with Crippen LogP contribution in [-0.4, -0.2) is 57.5 Å². The maximum atomic E-state index is 13.2. The van der Waals surface area contributed by atoms with E-state index in [2.05, 4.69) is 9.88 Å². The van der Waals surface area contributed by atoms with Crippen LogP contribution in [-0.2, 0) is 13.0 Å². The van der Waals surface area contributed by atoms with Gasteiger partial charge >= 0.3 is 5.69 Å². The van der Waals surface area contributed by atoms with Crippen LogP contribution >= 0.6 is 0 Å². The van der Waals surface area contributed by atoms with Gasteiger partial charge < -0.3 is 9.88 Å². The van der Waals surface area contributed by atoms with Gasteiger partial charge in [0.25, 0.3) is 11.5 Å². The Labute approximate surface area is 199 Å². The molecule has 1 amide bonds. The lowest BCUT2D eigenvalue weighted by atomic mass is 9.94. The molecule has 34 heavy (non-hydrogen) atoms. The van der Waals surface area contributed by atoms with Crippen molar-refractivity contribution in [2.24, 2.45) is 0 Å². The summed E-state index contributed by atoms with van der Waals surface area (Å²) >= 11 is 0. The molecule has 0 radical (unpaired) electrons. The van der Waals surface area contributed by atoms with Gasteiger partial charge in [0, 0.05) is 44.3 Å². The number of piperazine rings is 1. The number of hydrogen-bond donors (Lipinski definition) is 1. The van der Waals surface area contributed by atoms with Crippen LogP contribution in [0.4, 0.5) is 0 Å². The average molecular weight is 461 g/mol. The molecular formula is C27H32N4O3. The number of carbonyl (C=O) groups is 1. The van der Waals surface area contributed by atoms with Crippen molar-refractivity contribution in [3.63, 3.8) is 0 Å². The summed E-state index contributed by atoms with van der Waals surface area (Å²) in [4.78, 5) is 46.0. The van der Waals surface area contributed by atoms with Gasteiger partial charge in [-0.1, -0.05) is 49.6 Å². The lowest BCUT2D eigenvalue weighted by molar-refractivity contribution is 0.0523. The third-order valence-electron chi connectivity index (χ3n) is 7.39. The Kier molecular flexibility index (Phi) is 6.63. The van der Waals surface area contributed by atoms with E-state index in [1.807, 2.05) is 35.2 Å². The summed E-state index contributed by atoms with van der Waals surface area (Å²) < 4.78 is 1.24. The number of aryl methyl sites for hydroxylation is 1. The molecule has 7 nitrogen and oxygen atoms in total. The summed E-state index contributed by atoms with van der Waals surface area (Å²) in [6.07, 6.45) is 7.11. The molecule has 0 unspecified atom stereocenters. The van der Waals surface area contributed by atoms with Gasteiger partial charge in [0.15, 0.2) is 0 Å². The second-order valence-corrected chi connectivity index (χ2v) is 9.50. The first-order chi connectivity index (χ1) is 16.6. The molecule has 5 rings (SSSR count). The molecule has 1 saturated heterocycles. The predicted octanol–water partition coefficient (Wildman–Crippen LogP) is 3.02. The minimum absolute atomic E-state index is 0.0423. The monoisotopic (exact) mass is 460 g/mol. The van der Waals surface area contributed by atoms with Crippen molar-refractivity contribution in [2.45, 2.75) is 51.1 Å². The molecule has 0 bridgehead atoms. The summed E-state index contributed by atoms with van der Waals surface area (Å²) in [5.41, 5.74) is 1.22. The Morgan fingerprint density at radius 1 is 0.912 bits per heavy atom. The maximum absolute atomic E-state index is 13.2. The first-order valence-corrected chi connectivity index (χ1v) is 12.4. The number of hydrogen-bond acceptors (Lipinski definition) is 4. The number of nitrogens with one attached hydrogen (secondary N) is 1. The fourth-order valence-electron chi connectivity index (χ4n) is 5.40. The molecule has 7 heteroatoms. The number of aromatic amines is 1. The molecule has 0 atom stereocenters. The lowest BCUT2D eigenvalue weighted by Gasteiger charge is -2.40. The number of benzene rings is 2. The zero-order valence-electron chi connectivity index (χ0n) is 19.5. The third-order valence-corrected chi connectivity index (χ3v) is 7.39. The topological polar surface area (TPSA) is 78.4 Å². The highest BCUT2D eigenvalue weighted by molar-refractivity contribution is 5.97. The van der Waals surface area contributed by atoms with Crippen molar-refractivity contribution in [3.8, 4) is 0 Å². The Hall–Kier alpha value is -3.19. The van der Waals surface area contributed by atoms with E-state index in [9.17, 15) is 14.4 Å². The molecule has 1 aliphatic heterocycles. The largest absolute Gasteiger partial charge is 0.336 e. The van der Waals surface area contributed by atoms with E-state index in [0.29, 0.717) is 48.6 Å². The van der Waals surface area contributed by atoms with Crippen molar-refractivity contribution < 1.29 is 4.79 Å². The highest BCUT2D eigenvalue weighted by atomic mass is 16.2. The zero-order chi connectivity index (χ0) is 23.5. The second-order valence-electron chi connectivity index (χ2n) is 9.50. The second kappa shape index (κ2) is 9.97. The Balaban J connectivity index is 1.29. The molecule has 2 heterocycles. The van der Waals surface area contributed by atoms with E-state index in [-0.39, 0.29) is 11.5 Å². The van der Waals surface area contributed by atoms with Gasteiger partial charge in [-0.05, 0) is 43.0 Å². The Morgan fingerprint density at radius 2 is 1.65 bits per heavy atom. The van der Waals surface area contributed by atoms with E-state index in [1.54, 1.807) is 18.2 Å². The van der Waals surface area contributed by atoms with E-state index in [1.165, 1.54) is 36.7 Å². The number of amides is 1. The minimum atomic E-state index is -0.445. The first kappa shape index (κ1) is 22.6. The van der Waals surface area contributed by atoms with Crippen LogP contribution in [0.2, 0.25) is 0 Å². The number of aromatic nitrogens is 2. The van der Waals surface area contributed by atoms with Gasteiger partial charge in [-0.3, -0.25) is 19.1 Å². The predicted molar refractivity (Wildman–Crippen MR) is 133 cm³/mol. The SMILES string of the molecule is O=C(c1ccc2c(=O)n(CCc3ccccc3)c(=O)[nH]c2c1)N1CCN(C2CCCCC2)CC1. The molecule has 1 saturated carbocycles. The van der Waals surface area contributed by atoms with E-state index >= 15 is 0 Å². The van der Waals surface area contributed by atoms with Gasteiger partial charge in [0.1, 0.15) is 0 Å². The number of nitrogens with zero attached hydrogens (tertiary/aromatic N) is 3. The molecule has 3 aromatic rings. The van der Waals surface area contributed by atoms with E-state index in [4.69, 9.17) is 0 Å². The van der Waals surface area contributed by atoms with Crippen molar-refractivity contribution in [1.29, 1.82) is 0 Å². The molecule has 2 fully saturated rings. The highest BCUT2D eigenvalue weighted by Gasteiger charge is 2.27. The van der Waals surface area contributed by atoms with Crippen LogP contribution in [0.15, 0.2) is 58.1 Å². The van der Waals surface area contributed by atoms with Gasteiger partial charge in [-0.2, -0.15) is 0 Å². The Morgan fingerprint density at radius 3 is 2.38 bits per heavy atom. The quantitative estimate of drug-likeness (QED) is 0.635. The van der Waals surface area contributed by atoms with E-state index in [0.717, 1.165) is 18.7 Å². The van der Waals surface area contributed by atoms with Gasteiger partial charge in [0.2, 0.25) is 0 Å². The average Bonchev–Trinajstić information content (AvgIpc) is 2.89. The van der Waals surface area contributed by atoms with Crippen LogP contribution in [0.3, 0.4) is 0 Å². The molecule has 1 N–H and O–H groups in total. The van der Waals surface area contributed by atoms with Crippen LogP contribution in [0.5, 0.6) is 0 Å². The standard InChI is InChI=1S/C27H32N4O3/c32-25(30-17-15-29(16-18-30)22-9-5-2-6-10-22)21-11-12-23-24(19-21)28-27(34)31(26(23)33)14-13-20-7-3-1-4-8-20/h1,3-4,7-8,11-12,19,22H,2,5-6,9-10,13-18H2,(H,28,34). The normalized spacial score (nSPS) is 17.8. The molecule has 1 aliphatic carbocycles. The number of H-pyrrole nitrogens is 1. The molecule has 178 valence electrons. The smallest absolute Gasteiger partial charge is 0.328 e.